The Morgan fingerprint density at radius 2 is 1.60 bits per heavy atom. The third-order valence-corrected chi connectivity index (χ3v) is 5.28. The Morgan fingerprint density at radius 3 is 2.20 bits per heavy atom. The molecule has 35 heavy (non-hydrogen) atoms. The highest BCUT2D eigenvalue weighted by molar-refractivity contribution is 7.80. The summed E-state index contributed by atoms with van der Waals surface area (Å²) in [6.45, 7) is 6.27. The number of benzene rings is 3. The van der Waals surface area contributed by atoms with Crippen LogP contribution < -0.4 is 15.5 Å². The predicted octanol–water partition coefficient (Wildman–Crippen LogP) is 6.53. The Morgan fingerprint density at radius 1 is 0.971 bits per heavy atom. The lowest BCUT2D eigenvalue weighted by Crippen LogP contribution is -2.24. The highest BCUT2D eigenvalue weighted by Gasteiger charge is 2.30. The summed E-state index contributed by atoms with van der Waals surface area (Å²) in [6, 6.07) is 19.4. The van der Waals surface area contributed by atoms with Crippen molar-refractivity contribution in [3.8, 4) is 5.75 Å². The summed E-state index contributed by atoms with van der Waals surface area (Å²) in [5.41, 5.74) is 9.28. The molecule has 5 nitrogen and oxygen atoms in total. The largest absolute Gasteiger partial charge is 0.573 e. The van der Waals surface area contributed by atoms with Crippen LogP contribution in [0.4, 0.5) is 18.9 Å². The van der Waals surface area contributed by atoms with Gasteiger partial charge in [-0.05, 0) is 85.1 Å². The Balaban J connectivity index is 1.51. The monoisotopic (exact) mass is 498 g/mol. The van der Waals surface area contributed by atoms with E-state index in [1.165, 1.54) is 12.1 Å². The summed E-state index contributed by atoms with van der Waals surface area (Å²) < 4.78 is 40.7. The van der Waals surface area contributed by atoms with Gasteiger partial charge in [0.05, 0.1) is 12.8 Å². The summed E-state index contributed by atoms with van der Waals surface area (Å²) in [4.78, 5) is 4.52. The maximum atomic E-state index is 12.3. The SMILES string of the molecule is CC(=NCc1ccc(/C=N/NC(=S)Nc2c(C)cccc2C)cc1)c1ccc(OC(F)(F)F)cc1. The van der Waals surface area contributed by atoms with E-state index in [4.69, 9.17) is 12.2 Å². The van der Waals surface area contributed by atoms with Crippen molar-refractivity contribution in [2.45, 2.75) is 33.7 Å². The number of aliphatic imine (C=N–C) groups is 1. The van der Waals surface area contributed by atoms with Gasteiger partial charge in [-0.25, -0.2) is 0 Å². The Bertz CT molecular complexity index is 1200. The van der Waals surface area contributed by atoms with Crippen molar-refractivity contribution in [2.75, 3.05) is 5.32 Å². The van der Waals surface area contributed by atoms with Crippen LogP contribution in [0.5, 0.6) is 5.75 Å². The average Bonchev–Trinajstić information content (AvgIpc) is 2.80. The second-order valence-electron chi connectivity index (χ2n) is 7.81. The first-order chi connectivity index (χ1) is 16.6. The number of aryl methyl sites for hydroxylation is 2. The molecule has 2 N–H and O–H groups in total. The molecule has 0 atom stereocenters. The van der Waals surface area contributed by atoms with E-state index in [1.807, 2.05) is 63.2 Å². The van der Waals surface area contributed by atoms with Crippen molar-refractivity contribution in [2.24, 2.45) is 10.1 Å². The van der Waals surface area contributed by atoms with Crippen molar-refractivity contribution >= 4 is 34.9 Å². The van der Waals surface area contributed by atoms with Crippen LogP contribution >= 0.6 is 12.2 Å². The van der Waals surface area contributed by atoms with Crippen molar-refractivity contribution in [1.82, 2.24) is 5.43 Å². The van der Waals surface area contributed by atoms with E-state index < -0.39 is 6.36 Å². The predicted molar refractivity (Wildman–Crippen MR) is 138 cm³/mol. The van der Waals surface area contributed by atoms with Crippen molar-refractivity contribution in [3.63, 3.8) is 0 Å². The van der Waals surface area contributed by atoms with Crippen molar-refractivity contribution < 1.29 is 17.9 Å². The molecule has 0 aliphatic carbocycles. The lowest BCUT2D eigenvalue weighted by molar-refractivity contribution is -0.274. The lowest BCUT2D eigenvalue weighted by atomic mass is 10.1. The first-order valence-electron chi connectivity index (χ1n) is 10.7. The average molecular weight is 499 g/mol. The van der Waals surface area contributed by atoms with E-state index in [9.17, 15) is 13.2 Å². The number of hydrazone groups is 1. The number of hydrogen-bond donors (Lipinski definition) is 2. The minimum atomic E-state index is -4.71. The molecule has 182 valence electrons. The van der Waals surface area contributed by atoms with Gasteiger partial charge in [0.15, 0.2) is 5.11 Å². The second kappa shape index (κ2) is 11.6. The number of hydrogen-bond acceptors (Lipinski definition) is 4. The zero-order valence-electron chi connectivity index (χ0n) is 19.5. The third kappa shape index (κ3) is 8.22. The number of anilines is 1. The standard InChI is InChI=1S/C26H25F3N4OS/c1-17-5-4-6-18(2)24(17)32-25(35)33-31-16-21-9-7-20(8-10-21)15-30-19(3)22-11-13-23(14-12-22)34-26(27,28)29/h4-14,16H,15H2,1-3H3,(H2,32,33,35)/b30-19?,31-16+. The smallest absolute Gasteiger partial charge is 0.406 e. The van der Waals surface area contributed by atoms with E-state index >= 15 is 0 Å². The number of alkyl halides is 3. The molecular formula is C26H25F3N4OS. The van der Waals surface area contributed by atoms with E-state index in [2.05, 4.69) is 25.6 Å². The minimum Gasteiger partial charge on any atom is -0.406 e. The second-order valence-corrected chi connectivity index (χ2v) is 8.21. The molecule has 0 unspecified atom stereocenters. The molecule has 0 saturated heterocycles. The van der Waals surface area contributed by atoms with Gasteiger partial charge in [0, 0.05) is 11.4 Å². The molecule has 0 aliphatic rings. The molecule has 3 rings (SSSR count). The van der Waals surface area contributed by atoms with Crippen molar-refractivity contribution in [3.05, 3.63) is 94.5 Å². The van der Waals surface area contributed by atoms with Gasteiger partial charge in [-0.2, -0.15) is 5.10 Å². The first kappa shape index (κ1) is 25.9. The number of nitrogens with zero attached hydrogens (tertiary/aromatic N) is 2. The summed E-state index contributed by atoms with van der Waals surface area (Å²) >= 11 is 5.31. The quantitative estimate of drug-likeness (QED) is 0.221. The van der Waals surface area contributed by atoms with E-state index in [1.54, 1.807) is 18.3 Å². The molecule has 3 aromatic rings. The number of nitrogens with one attached hydrogen (secondary N) is 2. The summed E-state index contributed by atoms with van der Waals surface area (Å²) in [5.74, 6) is -0.261. The molecule has 0 saturated carbocycles. The van der Waals surface area contributed by atoms with Gasteiger partial charge in [0.2, 0.25) is 0 Å². The fourth-order valence-corrected chi connectivity index (χ4v) is 3.38. The molecule has 9 heteroatoms. The third-order valence-electron chi connectivity index (χ3n) is 5.08. The topological polar surface area (TPSA) is 58.0 Å². The number of halogens is 3. The fraction of sp³-hybridized carbons (Fsp3) is 0.192. The normalized spacial score (nSPS) is 12.0. The Labute approximate surface area is 207 Å². The van der Waals surface area contributed by atoms with E-state index in [-0.39, 0.29) is 5.75 Å². The molecule has 0 aliphatic heterocycles. The zero-order valence-corrected chi connectivity index (χ0v) is 20.3. The molecule has 0 spiro atoms. The van der Waals surface area contributed by atoms with E-state index in [0.717, 1.165) is 33.5 Å². The number of thiocarbonyl (C=S) groups is 1. The van der Waals surface area contributed by atoms with Gasteiger partial charge in [0.1, 0.15) is 5.75 Å². The van der Waals surface area contributed by atoms with Crippen LogP contribution in [0.15, 0.2) is 76.8 Å². The van der Waals surface area contributed by atoms with Crippen LogP contribution in [-0.4, -0.2) is 23.4 Å². The Hall–Kier alpha value is -3.72. The number of rotatable bonds is 7. The van der Waals surface area contributed by atoms with Crippen LogP contribution in [0.3, 0.4) is 0 Å². The van der Waals surface area contributed by atoms with E-state index in [0.29, 0.717) is 17.4 Å². The molecule has 0 heterocycles. The lowest BCUT2D eigenvalue weighted by Gasteiger charge is -2.12. The molecule has 0 fully saturated rings. The van der Waals surface area contributed by atoms with Crippen LogP contribution in [0.2, 0.25) is 0 Å². The van der Waals surface area contributed by atoms with Gasteiger partial charge in [-0.1, -0.05) is 42.5 Å². The van der Waals surface area contributed by atoms with Gasteiger partial charge in [-0.15, -0.1) is 13.2 Å². The van der Waals surface area contributed by atoms with Gasteiger partial charge < -0.3 is 10.1 Å². The summed E-state index contributed by atoms with van der Waals surface area (Å²) in [7, 11) is 0. The maximum Gasteiger partial charge on any atom is 0.573 e. The molecule has 3 aromatic carbocycles. The molecular weight excluding hydrogens is 473 g/mol. The van der Waals surface area contributed by atoms with Crippen LogP contribution in [0.25, 0.3) is 0 Å². The fourth-order valence-electron chi connectivity index (χ4n) is 3.23. The zero-order chi connectivity index (χ0) is 25.4. The van der Waals surface area contributed by atoms with Gasteiger partial charge >= 0.3 is 6.36 Å². The van der Waals surface area contributed by atoms with Gasteiger partial charge in [0.25, 0.3) is 0 Å². The van der Waals surface area contributed by atoms with Crippen molar-refractivity contribution in [1.29, 1.82) is 0 Å². The molecule has 0 aromatic heterocycles. The summed E-state index contributed by atoms with van der Waals surface area (Å²) in [5, 5.41) is 7.75. The highest BCUT2D eigenvalue weighted by Crippen LogP contribution is 2.23. The highest BCUT2D eigenvalue weighted by atomic mass is 32.1. The number of ether oxygens (including phenoxy) is 1. The maximum absolute atomic E-state index is 12.3. The van der Waals surface area contributed by atoms with Crippen LogP contribution in [-0.2, 0) is 6.54 Å². The summed E-state index contributed by atoms with van der Waals surface area (Å²) in [6.07, 6.45) is -3.04. The van der Waals surface area contributed by atoms with Crippen LogP contribution in [0, 0.1) is 13.8 Å². The Kier molecular flexibility index (Phi) is 8.59. The molecule has 0 bridgehead atoms. The number of para-hydroxylation sites is 1. The first-order valence-corrected chi connectivity index (χ1v) is 11.1. The minimum absolute atomic E-state index is 0.261. The van der Waals surface area contributed by atoms with Crippen LogP contribution in [0.1, 0.15) is 34.7 Å². The van der Waals surface area contributed by atoms with Gasteiger partial charge in [-0.3, -0.25) is 10.4 Å². The molecule has 0 radical (unpaired) electrons. The molecule has 0 amide bonds.